The fourth-order valence-electron chi connectivity index (χ4n) is 2.87. The minimum Gasteiger partial charge on any atom is -0.326 e. The number of carbonyl (C=O) groups is 2. The number of nitrogens with one attached hydrogen (secondary N) is 1. The standard InChI is InChI=1S/C22H24ClN5O2S/c1-14(27(3)4)21-25-26-22(28(21)19-11-7-17(23)8-12-19)31-13-20(30)16-5-9-18(10-6-16)24-15(2)29/h5-12,14H,13H2,1-4H3,(H,24,29). The molecular formula is C22H24ClN5O2S. The van der Waals surface area contributed by atoms with E-state index < -0.39 is 0 Å². The van der Waals surface area contributed by atoms with Crippen LogP contribution in [-0.4, -0.2) is 51.2 Å². The number of hydrogen-bond acceptors (Lipinski definition) is 6. The van der Waals surface area contributed by atoms with E-state index in [1.165, 1.54) is 18.7 Å². The molecule has 31 heavy (non-hydrogen) atoms. The van der Waals surface area contributed by atoms with Crippen LogP contribution in [0.1, 0.15) is 36.1 Å². The number of rotatable bonds is 8. The molecule has 0 aliphatic carbocycles. The second kappa shape index (κ2) is 10.1. The second-order valence-corrected chi connectivity index (χ2v) is 8.64. The Morgan fingerprint density at radius 2 is 1.74 bits per heavy atom. The van der Waals surface area contributed by atoms with Gasteiger partial charge in [0.15, 0.2) is 16.8 Å². The van der Waals surface area contributed by atoms with E-state index in [-0.39, 0.29) is 23.5 Å². The van der Waals surface area contributed by atoms with Crippen molar-refractivity contribution in [3.8, 4) is 5.69 Å². The van der Waals surface area contributed by atoms with Crippen LogP contribution in [0.4, 0.5) is 5.69 Å². The Bertz CT molecular complexity index is 1060. The van der Waals surface area contributed by atoms with E-state index in [1.807, 2.05) is 54.8 Å². The fraction of sp³-hybridized carbons (Fsp3) is 0.273. The first kappa shape index (κ1) is 23.0. The van der Waals surface area contributed by atoms with Crippen molar-refractivity contribution in [1.29, 1.82) is 0 Å². The summed E-state index contributed by atoms with van der Waals surface area (Å²) in [6.07, 6.45) is 0. The van der Waals surface area contributed by atoms with Gasteiger partial charge in [0, 0.05) is 28.9 Å². The van der Waals surface area contributed by atoms with Crippen LogP contribution in [-0.2, 0) is 4.79 Å². The molecule has 0 spiro atoms. The van der Waals surface area contributed by atoms with Crippen LogP contribution in [0.15, 0.2) is 53.7 Å². The molecule has 2 aromatic carbocycles. The van der Waals surface area contributed by atoms with Crippen LogP contribution >= 0.6 is 23.4 Å². The summed E-state index contributed by atoms with van der Waals surface area (Å²) in [6, 6.07) is 14.3. The molecule has 0 saturated carbocycles. The van der Waals surface area contributed by atoms with Gasteiger partial charge in [0.25, 0.3) is 0 Å². The molecule has 1 aromatic heterocycles. The van der Waals surface area contributed by atoms with E-state index in [1.54, 1.807) is 24.3 Å². The average Bonchev–Trinajstić information content (AvgIpc) is 3.15. The SMILES string of the molecule is CC(=O)Nc1ccc(C(=O)CSc2nnc(C(C)N(C)C)n2-c2ccc(Cl)cc2)cc1. The topological polar surface area (TPSA) is 80.1 Å². The molecule has 3 aromatic rings. The molecule has 1 unspecified atom stereocenters. The van der Waals surface area contributed by atoms with Crippen molar-refractivity contribution in [1.82, 2.24) is 19.7 Å². The minimum absolute atomic E-state index is 0.0227. The van der Waals surface area contributed by atoms with Gasteiger partial charge in [-0.3, -0.25) is 19.1 Å². The number of aromatic nitrogens is 3. The Hall–Kier alpha value is -2.68. The van der Waals surface area contributed by atoms with Crippen LogP contribution in [0.2, 0.25) is 5.02 Å². The third-order valence-electron chi connectivity index (χ3n) is 4.75. The molecular weight excluding hydrogens is 434 g/mol. The number of benzene rings is 2. The molecule has 162 valence electrons. The Labute approximate surface area is 190 Å². The molecule has 0 radical (unpaired) electrons. The number of amides is 1. The molecule has 0 bridgehead atoms. The lowest BCUT2D eigenvalue weighted by Crippen LogP contribution is -2.20. The van der Waals surface area contributed by atoms with E-state index in [2.05, 4.69) is 15.5 Å². The maximum absolute atomic E-state index is 12.7. The van der Waals surface area contributed by atoms with Gasteiger partial charge in [0.1, 0.15) is 0 Å². The zero-order chi connectivity index (χ0) is 22.5. The van der Waals surface area contributed by atoms with Crippen LogP contribution in [0.25, 0.3) is 5.69 Å². The van der Waals surface area contributed by atoms with Crippen molar-refractivity contribution in [2.75, 3.05) is 25.2 Å². The van der Waals surface area contributed by atoms with E-state index in [0.717, 1.165) is 11.5 Å². The first-order valence-electron chi connectivity index (χ1n) is 9.67. The molecule has 0 aliphatic rings. The number of Topliss-reactive ketones (excluding diaryl/α,β-unsaturated/α-hetero) is 1. The lowest BCUT2D eigenvalue weighted by atomic mass is 10.1. The third kappa shape index (κ3) is 5.72. The third-order valence-corrected chi connectivity index (χ3v) is 5.93. The van der Waals surface area contributed by atoms with Crippen LogP contribution in [0.5, 0.6) is 0 Å². The quantitative estimate of drug-likeness (QED) is 0.397. The largest absolute Gasteiger partial charge is 0.326 e. The molecule has 9 heteroatoms. The Balaban J connectivity index is 1.81. The van der Waals surface area contributed by atoms with Crippen molar-refractivity contribution >= 4 is 40.7 Å². The highest BCUT2D eigenvalue weighted by molar-refractivity contribution is 7.99. The lowest BCUT2D eigenvalue weighted by Gasteiger charge is -2.20. The van der Waals surface area contributed by atoms with Crippen LogP contribution in [0, 0.1) is 0 Å². The molecule has 1 amide bonds. The number of halogens is 1. The summed E-state index contributed by atoms with van der Waals surface area (Å²) in [6.45, 7) is 3.49. The molecule has 0 aliphatic heterocycles. The summed E-state index contributed by atoms with van der Waals surface area (Å²) in [7, 11) is 3.96. The molecule has 1 heterocycles. The zero-order valence-corrected chi connectivity index (χ0v) is 19.4. The predicted octanol–water partition coefficient (Wildman–Crippen LogP) is 4.48. The summed E-state index contributed by atoms with van der Waals surface area (Å²) in [4.78, 5) is 25.9. The number of thioether (sulfide) groups is 1. The molecule has 0 saturated heterocycles. The van der Waals surface area contributed by atoms with E-state index in [9.17, 15) is 9.59 Å². The number of anilines is 1. The van der Waals surface area contributed by atoms with Gasteiger partial charge in [0.2, 0.25) is 5.91 Å². The monoisotopic (exact) mass is 457 g/mol. The highest BCUT2D eigenvalue weighted by atomic mass is 35.5. The van der Waals surface area contributed by atoms with E-state index >= 15 is 0 Å². The summed E-state index contributed by atoms with van der Waals surface area (Å²) in [5, 5.41) is 12.7. The second-order valence-electron chi connectivity index (χ2n) is 7.26. The Kier molecular flexibility index (Phi) is 7.48. The van der Waals surface area contributed by atoms with Gasteiger partial charge in [-0.2, -0.15) is 0 Å². The van der Waals surface area contributed by atoms with Gasteiger partial charge in [-0.15, -0.1) is 10.2 Å². The van der Waals surface area contributed by atoms with Crippen molar-refractivity contribution in [2.24, 2.45) is 0 Å². The molecule has 7 nitrogen and oxygen atoms in total. The van der Waals surface area contributed by atoms with Gasteiger partial charge >= 0.3 is 0 Å². The summed E-state index contributed by atoms with van der Waals surface area (Å²) in [5.41, 5.74) is 2.11. The van der Waals surface area contributed by atoms with Crippen molar-refractivity contribution in [3.63, 3.8) is 0 Å². The van der Waals surface area contributed by atoms with Crippen molar-refractivity contribution in [2.45, 2.75) is 25.0 Å². The molecule has 1 N–H and O–H groups in total. The predicted molar refractivity (Wildman–Crippen MR) is 124 cm³/mol. The fourth-order valence-corrected chi connectivity index (χ4v) is 3.84. The van der Waals surface area contributed by atoms with E-state index in [4.69, 9.17) is 11.6 Å². The summed E-state index contributed by atoms with van der Waals surface area (Å²) >= 11 is 7.39. The van der Waals surface area contributed by atoms with E-state index in [0.29, 0.717) is 21.4 Å². The van der Waals surface area contributed by atoms with Gasteiger partial charge in [-0.05, 0) is 69.6 Å². The van der Waals surface area contributed by atoms with Crippen molar-refractivity contribution in [3.05, 3.63) is 64.9 Å². The smallest absolute Gasteiger partial charge is 0.221 e. The van der Waals surface area contributed by atoms with Crippen LogP contribution in [0.3, 0.4) is 0 Å². The van der Waals surface area contributed by atoms with Crippen LogP contribution < -0.4 is 5.32 Å². The lowest BCUT2D eigenvalue weighted by molar-refractivity contribution is -0.114. The van der Waals surface area contributed by atoms with Gasteiger partial charge in [-0.1, -0.05) is 23.4 Å². The summed E-state index contributed by atoms with van der Waals surface area (Å²) in [5.74, 6) is 0.801. The highest BCUT2D eigenvalue weighted by Gasteiger charge is 2.21. The highest BCUT2D eigenvalue weighted by Crippen LogP contribution is 2.28. The Morgan fingerprint density at radius 1 is 1.10 bits per heavy atom. The molecule has 3 rings (SSSR count). The Morgan fingerprint density at radius 3 is 2.32 bits per heavy atom. The first-order valence-corrected chi connectivity index (χ1v) is 11.0. The number of nitrogens with zero attached hydrogens (tertiary/aromatic N) is 4. The zero-order valence-electron chi connectivity index (χ0n) is 17.8. The average molecular weight is 458 g/mol. The number of carbonyl (C=O) groups excluding carboxylic acids is 2. The van der Waals surface area contributed by atoms with Gasteiger partial charge in [0.05, 0.1) is 11.8 Å². The minimum atomic E-state index is -0.154. The van der Waals surface area contributed by atoms with Crippen molar-refractivity contribution < 1.29 is 9.59 Å². The molecule has 0 fully saturated rings. The normalized spacial score (nSPS) is 12.1. The van der Waals surface area contributed by atoms with Gasteiger partial charge < -0.3 is 5.32 Å². The molecule has 1 atom stereocenters. The summed E-state index contributed by atoms with van der Waals surface area (Å²) < 4.78 is 1.96. The maximum Gasteiger partial charge on any atom is 0.221 e. The number of hydrogen-bond donors (Lipinski definition) is 1. The van der Waals surface area contributed by atoms with Gasteiger partial charge in [-0.25, -0.2) is 0 Å². The first-order chi connectivity index (χ1) is 14.8. The maximum atomic E-state index is 12.7. The number of ketones is 1.